The third-order valence-electron chi connectivity index (χ3n) is 3.57. The number of carbonyl (C=O) groups is 2. The minimum Gasteiger partial charge on any atom is -0.342 e. The van der Waals surface area contributed by atoms with Crippen LogP contribution in [0.25, 0.3) is 0 Å². The van der Waals surface area contributed by atoms with E-state index in [0.29, 0.717) is 0 Å². The summed E-state index contributed by atoms with van der Waals surface area (Å²) in [7, 11) is 0. The minimum absolute atomic E-state index is 0.0127. The SMILES string of the molecule is CSCC(C)N1C(=O)C(C(C)C)NC(=O)C1C(C)C. The largest absolute Gasteiger partial charge is 0.342 e. The summed E-state index contributed by atoms with van der Waals surface area (Å²) in [5.41, 5.74) is 0. The lowest BCUT2D eigenvalue weighted by atomic mass is 9.92. The molecule has 0 aromatic carbocycles. The van der Waals surface area contributed by atoms with E-state index in [9.17, 15) is 9.59 Å². The number of nitrogens with one attached hydrogen (secondary N) is 1. The molecule has 4 nitrogen and oxygen atoms in total. The summed E-state index contributed by atoms with van der Waals surface area (Å²) in [6.45, 7) is 9.95. The molecule has 0 spiro atoms. The van der Waals surface area contributed by atoms with Gasteiger partial charge < -0.3 is 10.2 Å². The van der Waals surface area contributed by atoms with E-state index in [0.717, 1.165) is 5.75 Å². The lowest BCUT2D eigenvalue weighted by Gasteiger charge is -2.44. The zero-order valence-corrected chi connectivity index (χ0v) is 13.6. The molecule has 110 valence electrons. The van der Waals surface area contributed by atoms with Crippen molar-refractivity contribution >= 4 is 23.6 Å². The quantitative estimate of drug-likeness (QED) is 0.837. The highest BCUT2D eigenvalue weighted by atomic mass is 32.2. The summed E-state index contributed by atoms with van der Waals surface area (Å²) in [6, 6.07) is -0.640. The Morgan fingerprint density at radius 1 is 1.16 bits per heavy atom. The number of piperazine rings is 1. The van der Waals surface area contributed by atoms with Gasteiger partial charge in [-0.3, -0.25) is 9.59 Å². The molecule has 1 aliphatic heterocycles. The Labute approximate surface area is 120 Å². The lowest BCUT2D eigenvalue weighted by Crippen LogP contribution is -2.68. The second kappa shape index (κ2) is 6.64. The van der Waals surface area contributed by atoms with Crippen LogP contribution in [0.2, 0.25) is 0 Å². The lowest BCUT2D eigenvalue weighted by molar-refractivity contribution is -0.154. The van der Waals surface area contributed by atoms with Crippen LogP contribution in [0.3, 0.4) is 0 Å². The molecule has 0 radical (unpaired) electrons. The van der Waals surface area contributed by atoms with E-state index in [1.807, 2.05) is 45.8 Å². The topological polar surface area (TPSA) is 49.4 Å². The first-order chi connectivity index (χ1) is 8.81. The Morgan fingerprint density at radius 2 is 1.74 bits per heavy atom. The Kier molecular flexibility index (Phi) is 5.71. The highest BCUT2D eigenvalue weighted by molar-refractivity contribution is 7.98. The van der Waals surface area contributed by atoms with Crippen LogP contribution in [-0.2, 0) is 9.59 Å². The van der Waals surface area contributed by atoms with Crippen molar-refractivity contribution in [3.8, 4) is 0 Å². The molecular weight excluding hydrogens is 260 g/mol. The molecular formula is C14H26N2O2S. The predicted octanol–water partition coefficient (Wildman–Crippen LogP) is 1.75. The van der Waals surface area contributed by atoms with Crippen molar-refractivity contribution < 1.29 is 9.59 Å². The maximum atomic E-state index is 12.6. The predicted molar refractivity (Wildman–Crippen MR) is 80.1 cm³/mol. The molecule has 19 heavy (non-hydrogen) atoms. The van der Waals surface area contributed by atoms with Gasteiger partial charge in [-0.2, -0.15) is 11.8 Å². The molecule has 1 saturated heterocycles. The monoisotopic (exact) mass is 286 g/mol. The van der Waals surface area contributed by atoms with Gasteiger partial charge in [0.2, 0.25) is 11.8 Å². The summed E-state index contributed by atoms with van der Waals surface area (Å²) >= 11 is 1.70. The number of rotatable bonds is 5. The van der Waals surface area contributed by atoms with E-state index in [1.165, 1.54) is 0 Å². The second-order valence-corrected chi connectivity index (χ2v) is 6.88. The van der Waals surface area contributed by atoms with Crippen molar-refractivity contribution in [2.24, 2.45) is 11.8 Å². The van der Waals surface area contributed by atoms with Crippen molar-refractivity contribution in [3.63, 3.8) is 0 Å². The average Bonchev–Trinajstić information content (AvgIpc) is 2.30. The van der Waals surface area contributed by atoms with Gasteiger partial charge in [0.1, 0.15) is 12.1 Å². The average molecular weight is 286 g/mol. The van der Waals surface area contributed by atoms with Gasteiger partial charge in [0.15, 0.2) is 0 Å². The molecule has 1 fully saturated rings. The van der Waals surface area contributed by atoms with E-state index < -0.39 is 0 Å². The highest BCUT2D eigenvalue weighted by Crippen LogP contribution is 2.24. The molecule has 1 N–H and O–H groups in total. The maximum absolute atomic E-state index is 12.6. The first-order valence-electron chi connectivity index (χ1n) is 6.92. The van der Waals surface area contributed by atoms with Gasteiger partial charge in [0.25, 0.3) is 0 Å². The molecule has 0 aromatic heterocycles. The van der Waals surface area contributed by atoms with Crippen LogP contribution in [0.5, 0.6) is 0 Å². The zero-order valence-electron chi connectivity index (χ0n) is 12.8. The molecule has 1 aliphatic rings. The van der Waals surface area contributed by atoms with Crippen LogP contribution in [0.1, 0.15) is 34.6 Å². The molecule has 3 atom stereocenters. The molecule has 0 saturated carbocycles. The normalized spacial score (nSPS) is 26.0. The molecule has 1 rings (SSSR count). The van der Waals surface area contributed by atoms with Crippen LogP contribution in [0, 0.1) is 11.8 Å². The van der Waals surface area contributed by atoms with E-state index in [-0.39, 0.29) is 41.8 Å². The summed E-state index contributed by atoms with van der Waals surface area (Å²) < 4.78 is 0. The van der Waals surface area contributed by atoms with Gasteiger partial charge in [-0.25, -0.2) is 0 Å². The number of amides is 2. The van der Waals surface area contributed by atoms with Gasteiger partial charge in [-0.1, -0.05) is 27.7 Å². The fraction of sp³-hybridized carbons (Fsp3) is 0.857. The summed E-state index contributed by atoms with van der Waals surface area (Å²) in [4.78, 5) is 26.8. The Morgan fingerprint density at radius 3 is 2.16 bits per heavy atom. The molecule has 0 aliphatic carbocycles. The molecule has 1 heterocycles. The Balaban J connectivity index is 3.06. The number of thioether (sulfide) groups is 1. The number of carbonyl (C=O) groups excluding carboxylic acids is 2. The van der Waals surface area contributed by atoms with E-state index in [1.54, 1.807) is 11.8 Å². The van der Waals surface area contributed by atoms with Crippen LogP contribution in [0.4, 0.5) is 0 Å². The van der Waals surface area contributed by atoms with Gasteiger partial charge in [0, 0.05) is 11.8 Å². The minimum atomic E-state index is -0.383. The van der Waals surface area contributed by atoms with Gasteiger partial charge >= 0.3 is 0 Å². The molecule has 0 bridgehead atoms. The summed E-state index contributed by atoms with van der Waals surface area (Å²) in [5, 5.41) is 2.89. The fourth-order valence-electron chi connectivity index (χ4n) is 2.61. The highest BCUT2D eigenvalue weighted by Gasteiger charge is 2.44. The van der Waals surface area contributed by atoms with Crippen LogP contribution < -0.4 is 5.32 Å². The molecule has 0 aromatic rings. The van der Waals surface area contributed by atoms with Crippen molar-refractivity contribution in [2.45, 2.75) is 52.7 Å². The third-order valence-corrected chi connectivity index (χ3v) is 4.38. The Hall–Kier alpha value is -0.710. The van der Waals surface area contributed by atoms with Crippen LogP contribution in [-0.4, -0.2) is 46.8 Å². The number of nitrogens with zero attached hydrogens (tertiary/aromatic N) is 1. The fourth-order valence-corrected chi connectivity index (χ4v) is 3.26. The Bertz CT molecular complexity index is 344. The van der Waals surface area contributed by atoms with Crippen molar-refractivity contribution in [3.05, 3.63) is 0 Å². The third kappa shape index (κ3) is 3.44. The van der Waals surface area contributed by atoms with Gasteiger partial charge in [-0.05, 0) is 25.0 Å². The molecule has 5 heteroatoms. The first-order valence-corrected chi connectivity index (χ1v) is 8.32. The van der Waals surface area contributed by atoms with E-state index in [4.69, 9.17) is 0 Å². The van der Waals surface area contributed by atoms with Crippen molar-refractivity contribution in [1.29, 1.82) is 0 Å². The van der Waals surface area contributed by atoms with Gasteiger partial charge in [-0.15, -0.1) is 0 Å². The number of hydrogen-bond donors (Lipinski definition) is 1. The molecule has 3 unspecified atom stereocenters. The summed E-state index contributed by atoms with van der Waals surface area (Å²) in [6.07, 6.45) is 2.02. The van der Waals surface area contributed by atoms with Gasteiger partial charge in [0.05, 0.1) is 0 Å². The summed E-state index contributed by atoms with van der Waals surface area (Å²) in [5.74, 6) is 1.15. The van der Waals surface area contributed by atoms with Crippen molar-refractivity contribution in [2.75, 3.05) is 12.0 Å². The first kappa shape index (κ1) is 16.3. The molecule has 2 amide bonds. The second-order valence-electron chi connectivity index (χ2n) is 5.97. The smallest absolute Gasteiger partial charge is 0.246 e. The van der Waals surface area contributed by atoms with Crippen molar-refractivity contribution in [1.82, 2.24) is 10.2 Å². The van der Waals surface area contributed by atoms with Crippen LogP contribution in [0.15, 0.2) is 0 Å². The maximum Gasteiger partial charge on any atom is 0.246 e. The number of hydrogen-bond acceptors (Lipinski definition) is 3. The van der Waals surface area contributed by atoms with E-state index in [2.05, 4.69) is 5.32 Å². The van der Waals surface area contributed by atoms with Crippen LogP contribution >= 0.6 is 11.8 Å². The zero-order chi connectivity index (χ0) is 14.7. The van der Waals surface area contributed by atoms with E-state index >= 15 is 0 Å². The standard InChI is InChI=1S/C14H26N2O2S/c1-8(2)11-14(18)16(10(5)7-19-6)12(9(3)4)13(17)15-11/h8-12H,7H2,1-6H3,(H,15,17).